The molecule has 0 spiro atoms. The topological polar surface area (TPSA) is 115 Å². The molecule has 38 heavy (non-hydrogen) atoms. The Labute approximate surface area is 223 Å². The van der Waals surface area contributed by atoms with Crippen molar-refractivity contribution in [1.29, 1.82) is 0 Å². The van der Waals surface area contributed by atoms with Crippen LogP contribution in [0.1, 0.15) is 25.7 Å². The zero-order chi connectivity index (χ0) is 26.4. The molecule has 2 aliphatic rings. The molecule has 5 rings (SSSR count). The minimum absolute atomic E-state index is 0.111. The molecule has 0 radical (unpaired) electrons. The Morgan fingerprint density at radius 1 is 1.08 bits per heavy atom. The second-order valence-electron chi connectivity index (χ2n) is 9.73. The summed E-state index contributed by atoms with van der Waals surface area (Å²) in [5, 5.41) is 4.56. The number of anilines is 2. The number of ether oxygens (including phenoxy) is 3. The van der Waals surface area contributed by atoms with Crippen LogP contribution in [0.25, 0.3) is 10.9 Å². The van der Waals surface area contributed by atoms with E-state index < -0.39 is 10.0 Å². The van der Waals surface area contributed by atoms with Gasteiger partial charge in [-0.25, -0.2) is 13.1 Å². The molecule has 1 aliphatic carbocycles. The number of hydrogen-bond acceptors (Lipinski definition) is 9. The number of fused-ring (bicyclic) bond motifs is 1. The van der Waals surface area contributed by atoms with Crippen LogP contribution in [-0.2, 0) is 14.8 Å². The molecule has 0 unspecified atom stereocenters. The Morgan fingerprint density at radius 3 is 2.58 bits per heavy atom. The number of aromatic nitrogens is 2. The summed E-state index contributed by atoms with van der Waals surface area (Å²) >= 11 is 0. The van der Waals surface area contributed by atoms with E-state index in [4.69, 9.17) is 19.2 Å². The van der Waals surface area contributed by atoms with E-state index in [0.29, 0.717) is 30.9 Å². The van der Waals surface area contributed by atoms with Gasteiger partial charge in [0.15, 0.2) is 0 Å². The third-order valence-corrected chi connectivity index (χ3v) is 7.53. The minimum Gasteiger partial charge on any atom is -0.492 e. The van der Waals surface area contributed by atoms with E-state index in [0.717, 1.165) is 67.4 Å². The molecule has 2 fully saturated rings. The average Bonchev–Trinajstić information content (AvgIpc) is 2.93. The van der Waals surface area contributed by atoms with Crippen molar-refractivity contribution in [2.75, 3.05) is 55.9 Å². The van der Waals surface area contributed by atoms with E-state index in [1.165, 1.54) is 0 Å². The van der Waals surface area contributed by atoms with Crippen molar-refractivity contribution >= 4 is 32.4 Å². The number of sulfonamides is 1. The molecule has 0 atom stereocenters. The lowest BCUT2D eigenvalue weighted by molar-refractivity contribution is 0.122. The molecule has 2 aromatic heterocycles. The molecule has 3 heterocycles. The summed E-state index contributed by atoms with van der Waals surface area (Å²) in [5.41, 5.74) is 1.93. The van der Waals surface area contributed by atoms with Gasteiger partial charge in [0, 0.05) is 43.6 Å². The van der Waals surface area contributed by atoms with Crippen LogP contribution in [0.5, 0.6) is 11.6 Å². The van der Waals surface area contributed by atoms with Crippen LogP contribution in [0.3, 0.4) is 0 Å². The molecule has 11 heteroatoms. The molecule has 0 bridgehead atoms. The molecule has 2 N–H and O–H groups in total. The Hall–Kier alpha value is -3.15. The third kappa shape index (κ3) is 7.24. The van der Waals surface area contributed by atoms with E-state index in [9.17, 15) is 8.42 Å². The van der Waals surface area contributed by atoms with Crippen molar-refractivity contribution in [3.05, 3.63) is 48.7 Å². The summed E-state index contributed by atoms with van der Waals surface area (Å²) in [6.07, 6.45) is 6.93. The summed E-state index contributed by atoms with van der Waals surface area (Å²) in [4.78, 5) is 11.7. The molecule has 204 valence electrons. The number of hydrogen-bond donors (Lipinski definition) is 2. The molecule has 1 aromatic carbocycles. The van der Waals surface area contributed by atoms with Crippen LogP contribution >= 0.6 is 0 Å². The van der Waals surface area contributed by atoms with Gasteiger partial charge in [-0.3, -0.25) is 4.98 Å². The first kappa shape index (κ1) is 26.5. The Morgan fingerprint density at radius 2 is 1.84 bits per heavy atom. The van der Waals surface area contributed by atoms with E-state index >= 15 is 0 Å². The van der Waals surface area contributed by atoms with Gasteiger partial charge in [-0.2, -0.15) is 4.98 Å². The van der Waals surface area contributed by atoms with Crippen molar-refractivity contribution in [2.24, 2.45) is 0 Å². The number of morpholine rings is 1. The van der Waals surface area contributed by atoms with Crippen molar-refractivity contribution in [3.63, 3.8) is 0 Å². The molecule has 0 amide bonds. The fourth-order valence-electron chi connectivity index (χ4n) is 4.84. The molecule has 3 aromatic rings. The summed E-state index contributed by atoms with van der Waals surface area (Å²) in [7, 11) is -3.20. The Bertz CT molecular complexity index is 1310. The van der Waals surface area contributed by atoms with Gasteiger partial charge in [-0.1, -0.05) is 0 Å². The SMILES string of the molecule is CS(=O)(=O)NCCOc1ccc(NC2CCC(Oc3nc(N4CCOCC4)cc4ncccc34)CC2)cc1. The lowest BCUT2D eigenvalue weighted by Crippen LogP contribution is -2.37. The quantitative estimate of drug-likeness (QED) is 0.374. The van der Waals surface area contributed by atoms with Gasteiger partial charge in [0.1, 0.15) is 24.3 Å². The van der Waals surface area contributed by atoms with Gasteiger partial charge < -0.3 is 24.4 Å². The zero-order valence-corrected chi connectivity index (χ0v) is 22.5. The van der Waals surface area contributed by atoms with Crippen molar-refractivity contribution in [1.82, 2.24) is 14.7 Å². The second-order valence-corrected chi connectivity index (χ2v) is 11.6. The predicted molar refractivity (Wildman–Crippen MR) is 148 cm³/mol. The monoisotopic (exact) mass is 541 g/mol. The molecule has 1 saturated heterocycles. The number of benzene rings is 1. The molecular formula is C27H35N5O5S. The van der Waals surface area contributed by atoms with Gasteiger partial charge in [-0.05, 0) is 62.1 Å². The average molecular weight is 542 g/mol. The highest BCUT2D eigenvalue weighted by Gasteiger charge is 2.24. The zero-order valence-electron chi connectivity index (χ0n) is 21.6. The molecular weight excluding hydrogens is 506 g/mol. The van der Waals surface area contributed by atoms with Gasteiger partial charge >= 0.3 is 0 Å². The van der Waals surface area contributed by atoms with Crippen molar-refractivity contribution in [3.8, 4) is 11.6 Å². The molecule has 1 aliphatic heterocycles. The lowest BCUT2D eigenvalue weighted by atomic mass is 9.92. The number of nitrogens with zero attached hydrogens (tertiary/aromatic N) is 3. The molecule has 10 nitrogen and oxygen atoms in total. The fourth-order valence-corrected chi connectivity index (χ4v) is 5.29. The van der Waals surface area contributed by atoms with Crippen LogP contribution in [0.4, 0.5) is 11.5 Å². The predicted octanol–water partition coefficient (Wildman–Crippen LogP) is 3.20. The Balaban J connectivity index is 1.13. The Kier molecular flexibility index (Phi) is 8.45. The number of pyridine rings is 2. The van der Waals surface area contributed by atoms with Gasteiger partial charge in [0.05, 0.1) is 30.4 Å². The van der Waals surface area contributed by atoms with E-state index in [-0.39, 0.29) is 19.3 Å². The van der Waals surface area contributed by atoms with E-state index in [1.807, 2.05) is 42.5 Å². The number of rotatable bonds is 10. The maximum absolute atomic E-state index is 11.1. The largest absolute Gasteiger partial charge is 0.492 e. The van der Waals surface area contributed by atoms with E-state index in [1.54, 1.807) is 6.20 Å². The van der Waals surface area contributed by atoms with Gasteiger partial charge in [-0.15, -0.1) is 0 Å². The van der Waals surface area contributed by atoms with Crippen LogP contribution in [-0.4, -0.2) is 76.2 Å². The maximum Gasteiger partial charge on any atom is 0.225 e. The van der Waals surface area contributed by atoms with Crippen LogP contribution < -0.4 is 24.4 Å². The third-order valence-electron chi connectivity index (χ3n) is 6.80. The normalized spacial score (nSPS) is 20.3. The highest BCUT2D eigenvalue weighted by molar-refractivity contribution is 7.88. The summed E-state index contributed by atoms with van der Waals surface area (Å²) in [5.74, 6) is 2.26. The second kappa shape index (κ2) is 12.1. The van der Waals surface area contributed by atoms with Crippen molar-refractivity contribution in [2.45, 2.75) is 37.8 Å². The number of nitrogens with one attached hydrogen (secondary N) is 2. The minimum atomic E-state index is -3.20. The maximum atomic E-state index is 11.1. The van der Waals surface area contributed by atoms with Crippen LogP contribution in [0.15, 0.2) is 48.7 Å². The first-order valence-electron chi connectivity index (χ1n) is 13.1. The van der Waals surface area contributed by atoms with Gasteiger partial charge in [0.2, 0.25) is 15.9 Å². The van der Waals surface area contributed by atoms with E-state index in [2.05, 4.69) is 19.9 Å². The summed E-state index contributed by atoms with van der Waals surface area (Å²) in [6, 6.07) is 14.1. The summed E-state index contributed by atoms with van der Waals surface area (Å²) in [6.45, 7) is 3.55. The summed E-state index contributed by atoms with van der Waals surface area (Å²) < 4.78 is 42.2. The fraction of sp³-hybridized carbons (Fsp3) is 0.481. The highest BCUT2D eigenvalue weighted by atomic mass is 32.2. The highest BCUT2D eigenvalue weighted by Crippen LogP contribution is 2.31. The van der Waals surface area contributed by atoms with Crippen LogP contribution in [0, 0.1) is 0 Å². The van der Waals surface area contributed by atoms with Crippen molar-refractivity contribution < 1.29 is 22.6 Å². The van der Waals surface area contributed by atoms with Crippen LogP contribution in [0.2, 0.25) is 0 Å². The standard InChI is InChI=1S/C27H35N5O5S/c1-38(33,34)29-13-16-36-22-8-4-20(5-9-22)30-21-6-10-23(11-7-21)37-27-24-3-2-12-28-25(24)19-26(31-27)32-14-17-35-18-15-32/h2-5,8-9,12,19,21,23,29-30H,6-7,10-11,13-18H2,1H3. The van der Waals surface area contributed by atoms with Gasteiger partial charge in [0.25, 0.3) is 0 Å². The molecule has 1 saturated carbocycles. The lowest BCUT2D eigenvalue weighted by Gasteiger charge is -2.31. The first-order valence-corrected chi connectivity index (χ1v) is 15.0. The first-order chi connectivity index (χ1) is 18.4. The smallest absolute Gasteiger partial charge is 0.225 e.